The fourth-order valence-corrected chi connectivity index (χ4v) is 2.99. The van der Waals surface area contributed by atoms with Crippen LogP contribution in [-0.4, -0.2) is 41.1 Å². The van der Waals surface area contributed by atoms with Gasteiger partial charge in [-0.1, -0.05) is 25.1 Å². The van der Waals surface area contributed by atoms with Crippen LogP contribution >= 0.6 is 0 Å². The van der Waals surface area contributed by atoms with Crippen molar-refractivity contribution in [3.63, 3.8) is 0 Å². The summed E-state index contributed by atoms with van der Waals surface area (Å²) < 4.78 is 5.67. The number of carboxylic acids is 1. The van der Waals surface area contributed by atoms with Crippen LogP contribution in [0.15, 0.2) is 24.3 Å². The van der Waals surface area contributed by atoms with Gasteiger partial charge in [-0.3, -0.25) is 9.59 Å². The lowest BCUT2D eigenvalue weighted by Crippen LogP contribution is -2.40. The van der Waals surface area contributed by atoms with Crippen LogP contribution in [0.4, 0.5) is 0 Å². The third-order valence-electron chi connectivity index (χ3n) is 4.16. The van der Waals surface area contributed by atoms with Gasteiger partial charge in [-0.25, -0.2) is 0 Å². The van der Waals surface area contributed by atoms with Crippen molar-refractivity contribution < 1.29 is 19.4 Å². The minimum atomic E-state index is -0.830. The Labute approximate surface area is 117 Å². The molecule has 0 aromatic heterocycles. The molecule has 0 saturated carbocycles. The largest absolute Gasteiger partial charge is 0.481 e. The Kier molecular flexibility index (Phi) is 3.12. The second-order valence-electron chi connectivity index (χ2n) is 5.58. The van der Waals surface area contributed by atoms with E-state index in [1.54, 1.807) is 4.90 Å². The summed E-state index contributed by atoms with van der Waals surface area (Å²) >= 11 is 0. The number of hydrogen-bond acceptors (Lipinski definition) is 3. The molecule has 1 fully saturated rings. The molecular weight excluding hydrogens is 258 g/mol. The van der Waals surface area contributed by atoms with E-state index in [2.05, 4.69) is 0 Å². The zero-order valence-corrected chi connectivity index (χ0v) is 11.3. The third-order valence-corrected chi connectivity index (χ3v) is 4.16. The fourth-order valence-electron chi connectivity index (χ4n) is 2.99. The second-order valence-corrected chi connectivity index (χ2v) is 5.58. The topological polar surface area (TPSA) is 66.8 Å². The third kappa shape index (κ3) is 2.13. The molecular formula is C15H17NO4. The first kappa shape index (κ1) is 13.0. The van der Waals surface area contributed by atoms with E-state index in [1.165, 1.54) is 0 Å². The predicted molar refractivity (Wildman–Crippen MR) is 71.4 cm³/mol. The molecule has 3 unspecified atom stereocenters. The highest BCUT2D eigenvalue weighted by molar-refractivity contribution is 5.84. The van der Waals surface area contributed by atoms with Crippen molar-refractivity contribution in [2.75, 3.05) is 13.1 Å². The molecule has 0 radical (unpaired) electrons. The quantitative estimate of drug-likeness (QED) is 0.879. The van der Waals surface area contributed by atoms with Gasteiger partial charge in [0.2, 0.25) is 0 Å². The number of nitrogens with zero attached hydrogens (tertiary/aromatic N) is 1. The second kappa shape index (κ2) is 4.81. The molecule has 0 bridgehead atoms. The molecule has 0 aliphatic carbocycles. The van der Waals surface area contributed by atoms with Crippen LogP contribution in [-0.2, 0) is 16.0 Å². The highest BCUT2D eigenvalue weighted by Crippen LogP contribution is 2.31. The van der Waals surface area contributed by atoms with E-state index >= 15 is 0 Å². The maximum atomic E-state index is 12.4. The molecule has 106 valence electrons. The number of para-hydroxylation sites is 1. The number of fused-ring (bicyclic) bond motifs is 1. The van der Waals surface area contributed by atoms with E-state index < -0.39 is 18.0 Å². The first-order chi connectivity index (χ1) is 9.56. The number of hydrogen-bond donors (Lipinski definition) is 1. The number of aliphatic carboxylic acids is 1. The van der Waals surface area contributed by atoms with Crippen LogP contribution in [0.25, 0.3) is 0 Å². The summed E-state index contributed by atoms with van der Waals surface area (Å²) in [6, 6.07) is 7.61. The van der Waals surface area contributed by atoms with Crippen molar-refractivity contribution in [3.8, 4) is 5.75 Å². The number of amides is 1. The summed E-state index contributed by atoms with van der Waals surface area (Å²) in [6.45, 7) is 2.65. The zero-order valence-electron chi connectivity index (χ0n) is 11.3. The summed E-state index contributed by atoms with van der Waals surface area (Å²) in [6.07, 6.45) is 0.0598. The van der Waals surface area contributed by atoms with E-state index in [4.69, 9.17) is 9.84 Å². The van der Waals surface area contributed by atoms with Crippen LogP contribution in [0.1, 0.15) is 12.5 Å². The van der Waals surface area contributed by atoms with Gasteiger partial charge in [-0.15, -0.1) is 0 Å². The van der Waals surface area contributed by atoms with Gasteiger partial charge < -0.3 is 14.7 Å². The molecule has 1 aromatic rings. The number of ether oxygens (including phenoxy) is 1. The monoisotopic (exact) mass is 275 g/mol. The van der Waals surface area contributed by atoms with Gasteiger partial charge in [0.1, 0.15) is 5.75 Å². The van der Waals surface area contributed by atoms with Crippen molar-refractivity contribution in [3.05, 3.63) is 29.8 Å². The maximum absolute atomic E-state index is 12.4. The highest BCUT2D eigenvalue weighted by Gasteiger charge is 2.40. The number of carboxylic acid groups (broad SMARTS) is 1. The molecule has 20 heavy (non-hydrogen) atoms. The van der Waals surface area contributed by atoms with E-state index in [1.807, 2.05) is 31.2 Å². The van der Waals surface area contributed by atoms with Crippen molar-refractivity contribution in [1.29, 1.82) is 0 Å². The van der Waals surface area contributed by atoms with Gasteiger partial charge in [-0.2, -0.15) is 0 Å². The van der Waals surface area contributed by atoms with Crippen molar-refractivity contribution in [2.24, 2.45) is 11.8 Å². The normalized spacial score (nSPS) is 28.1. The molecule has 2 heterocycles. The molecule has 1 aromatic carbocycles. The van der Waals surface area contributed by atoms with Gasteiger partial charge in [0, 0.05) is 19.5 Å². The van der Waals surface area contributed by atoms with Crippen LogP contribution in [0.2, 0.25) is 0 Å². The molecule has 1 amide bonds. The van der Waals surface area contributed by atoms with Gasteiger partial charge >= 0.3 is 5.97 Å². The lowest BCUT2D eigenvalue weighted by atomic mass is 9.99. The number of carbonyl (C=O) groups excluding carboxylic acids is 1. The molecule has 1 N–H and O–H groups in total. The minimum absolute atomic E-state index is 0.0137. The fraction of sp³-hybridized carbons (Fsp3) is 0.467. The van der Waals surface area contributed by atoms with Crippen LogP contribution in [0.3, 0.4) is 0 Å². The van der Waals surface area contributed by atoms with Crippen molar-refractivity contribution in [1.82, 2.24) is 4.90 Å². The van der Waals surface area contributed by atoms with Gasteiger partial charge in [-0.05, 0) is 17.5 Å². The van der Waals surface area contributed by atoms with E-state index in [-0.39, 0.29) is 18.4 Å². The van der Waals surface area contributed by atoms with Crippen LogP contribution in [0, 0.1) is 11.8 Å². The Morgan fingerprint density at radius 3 is 2.70 bits per heavy atom. The Balaban J connectivity index is 1.69. The number of carbonyl (C=O) groups is 2. The summed E-state index contributed by atoms with van der Waals surface area (Å²) in [5.74, 6) is -0.656. The molecule has 5 heteroatoms. The van der Waals surface area contributed by atoms with Crippen LogP contribution < -0.4 is 4.74 Å². The first-order valence-electron chi connectivity index (χ1n) is 6.82. The van der Waals surface area contributed by atoms with E-state index in [9.17, 15) is 9.59 Å². The van der Waals surface area contributed by atoms with Crippen molar-refractivity contribution in [2.45, 2.75) is 19.4 Å². The summed E-state index contributed by atoms with van der Waals surface area (Å²) in [4.78, 5) is 25.2. The predicted octanol–water partition coefficient (Wildman–Crippen LogP) is 1.17. The standard InChI is InChI=1S/C15H17NO4/c1-9-7-16(8-11(9)15(18)19)14(17)13-6-10-4-2-3-5-12(10)20-13/h2-5,9,11,13H,6-8H2,1H3,(H,18,19). The summed E-state index contributed by atoms with van der Waals surface area (Å²) in [5, 5.41) is 9.12. The number of likely N-dealkylation sites (tertiary alicyclic amines) is 1. The molecule has 3 rings (SSSR count). The average Bonchev–Trinajstić information content (AvgIpc) is 3.01. The number of rotatable bonds is 2. The SMILES string of the molecule is CC1CN(C(=O)C2Cc3ccccc3O2)CC1C(=O)O. The highest BCUT2D eigenvalue weighted by atomic mass is 16.5. The lowest BCUT2D eigenvalue weighted by molar-refractivity contribution is -0.142. The molecule has 0 spiro atoms. The molecule has 2 aliphatic heterocycles. The summed E-state index contributed by atoms with van der Waals surface area (Å²) in [7, 11) is 0. The molecule has 2 aliphatic rings. The zero-order chi connectivity index (χ0) is 14.3. The number of benzene rings is 1. The molecule has 1 saturated heterocycles. The average molecular weight is 275 g/mol. The first-order valence-corrected chi connectivity index (χ1v) is 6.82. The molecule has 3 atom stereocenters. The minimum Gasteiger partial charge on any atom is -0.481 e. The summed E-state index contributed by atoms with van der Waals surface area (Å²) in [5.41, 5.74) is 1.04. The van der Waals surface area contributed by atoms with E-state index in [0.717, 1.165) is 11.3 Å². The molecule has 5 nitrogen and oxygen atoms in total. The Bertz CT molecular complexity index is 532. The Morgan fingerprint density at radius 2 is 2.05 bits per heavy atom. The van der Waals surface area contributed by atoms with Gasteiger partial charge in [0.25, 0.3) is 5.91 Å². The Morgan fingerprint density at radius 1 is 1.30 bits per heavy atom. The maximum Gasteiger partial charge on any atom is 0.308 e. The lowest BCUT2D eigenvalue weighted by Gasteiger charge is -2.20. The Hall–Kier alpha value is -2.04. The van der Waals surface area contributed by atoms with Gasteiger partial charge in [0.15, 0.2) is 6.10 Å². The van der Waals surface area contributed by atoms with Crippen molar-refractivity contribution >= 4 is 11.9 Å². The van der Waals surface area contributed by atoms with Crippen LogP contribution in [0.5, 0.6) is 5.75 Å². The van der Waals surface area contributed by atoms with Gasteiger partial charge in [0.05, 0.1) is 5.92 Å². The smallest absolute Gasteiger partial charge is 0.308 e. The van der Waals surface area contributed by atoms with E-state index in [0.29, 0.717) is 13.0 Å².